The van der Waals surface area contributed by atoms with Gasteiger partial charge in [0.2, 0.25) is 0 Å². The number of allylic oxidation sites excluding steroid dienone is 1. The van der Waals surface area contributed by atoms with Crippen LogP contribution in [0.3, 0.4) is 0 Å². The van der Waals surface area contributed by atoms with Gasteiger partial charge in [0.25, 0.3) is 0 Å². The molecule has 0 aromatic heterocycles. The van der Waals surface area contributed by atoms with Crippen LogP contribution in [0.5, 0.6) is 0 Å². The Morgan fingerprint density at radius 3 is 2.61 bits per heavy atom. The van der Waals surface area contributed by atoms with E-state index in [0.717, 1.165) is 19.3 Å². The van der Waals surface area contributed by atoms with Gasteiger partial charge in [0.05, 0.1) is 12.5 Å². The van der Waals surface area contributed by atoms with Gasteiger partial charge >= 0.3 is 11.9 Å². The van der Waals surface area contributed by atoms with Crippen LogP contribution in [-0.4, -0.2) is 40.6 Å². The predicted molar refractivity (Wildman–Crippen MR) is 117 cm³/mol. The average molecular weight is 437 g/mol. The van der Waals surface area contributed by atoms with Gasteiger partial charge in [-0.05, 0) is 49.9 Å². The smallest absolute Gasteiger partial charge is 0.333 e. The van der Waals surface area contributed by atoms with Crippen molar-refractivity contribution in [3.8, 4) is 0 Å². The highest BCUT2D eigenvalue weighted by Gasteiger charge is 2.63. The Morgan fingerprint density at radius 2 is 1.97 bits per heavy atom. The molecule has 0 amide bonds. The van der Waals surface area contributed by atoms with E-state index in [2.05, 4.69) is 20.8 Å². The van der Waals surface area contributed by atoms with Crippen LogP contribution in [0.1, 0.15) is 79.6 Å². The minimum Gasteiger partial charge on any atom is -0.481 e. The highest BCUT2D eigenvalue weighted by molar-refractivity contribution is 5.88. The van der Waals surface area contributed by atoms with Crippen molar-refractivity contribution >= 4 is 11.9 Å². The molecule has 0 radical (unpaired) electrons. The van der Waals surface area contributed by atoms with Crippen LogP contribution in [0.15, 0.2) is 11.6 Å². The Morgan fingerprint density at radius 1 is 1.26 bits per heavy atom. The molecule has 2 aliphatic carbocycles. The average Bonchev–Trinajstić information content (AvgIpc) is 2.98. The van der Waals surface area contributed by atoms with Gasteiger partial charge in [-0.15, -0.1) is 0 Å². The van der Waals surface area contributed by atoms with E-state index in [0.29, 0.717) is 43.8 Å². The summed E-state index contributed by atoms with van der Waals surface area (Å²) in [6.45, 7) is 10.6. The number of carbonyl (C=O) groups is 2. The van der Waals surface area contributed by atoms with Gasteiger partial charge in [0.1, 0.15) is 6.10 Å². The van der Waals surface area contributed by atoms with E-state index in [9.17, 15) is 19.8 Å². The Labute approximate surface area is 186 Å². The van der Waals surface area contributed by atoms with Crippen molar-refractivity contribution in [3.63, 3.8) is 0 Å². The van der Waals surface area contributed by atoms with Crippen molar-refractivity contribution in [1.29, 1.82) is 0 Å². The zero-order chi connectivity index (χ0) is 23.0. The van der Waals surface area contributed by atoms with E-state index < -0.39 is 29.2 Å². The molecule has 1 saturated heterocycles. The summed E-state index contributed by atoms with van der Waals surface area (Å²) in [5.41, 5.74) is 0.0590. The van der Waals surface area contributed by atoms with Crippen molar-refractivity contribution in [2.45, 2.75) is 91.5 Å². The summed E-state index contributed by atoms with van der Waals surface area (Å²) in [5.74, 6) is -2.74. The van der Waals surface area contributed by atoms with Gasteiger partial charge in [0.15, 0.2) is 5.79 Å². The SMILES string of the molecule is CCCCC(C)/C=C(\C)C(=O)O[C@@H]1CC[C@H](C(=O)O)[C@@]2(C)C[C@H]3[C@H](C)CO[C@]3(O)C[C@H]12. The third-order valence-electron chi connectivity index (χ3n) is 8.29. The number of carboxylic acid groups (broad SMARTS) is 1. The lowest BCUT2D eigenvalue weighted by molar-refractivity contribution is -0.261. The number of carbonyl (C=O) groups excluding carboxylic acids is 1. The fourth-order valence-electron chi connectivity index (χ4n) is 6.39. The predicted octanol–water partition coefficient (Wildman–Crippen LogP) is 4.55. The number of hydrogen-bond donors (Lipinski definition) is 2. The molecule has 6 heteroatoms. The molecule has 31 heavy (non-hydrogen) atoms. The molecule has 1 unspecified atom stereocenters. The maximum atomic E-state index is 12.9. The van der Waals surface area contributed by atoms with Crippen molar-refractivity contribution in [1.82, 2.24) is 0 Å². The zero-order valence-corrected chi connectivity index (χ0v) is 19.7. The summed E-state index contributed by atoms with van der Waals surface area (Å²) >= 11 is 0. The fourth-order valence-corrected chi connectivity index (χ4v) is 6.39. The third kappa shape index (κ3) is 4.70. The molecule has 0 aromatic carbocycles. The largest absolute Gasteiger partial charge is 0.481 e. The van der Waals surface area contributed by atoms with E-state index in [1.807, 2.05) is 13.0 Å². The van der Waals surface area contributed by atoms with Gasteiger partial charge in [-0.1, -0.05) is 46.6 Å². The van der Waals surface area contributed by atoms with Crippen molar-refractivity contribution < 1.29 is 29.3 Å². The van der Waals surface area contributed by atoms with E-state index in [-0.39, 0.29) is 23.7 Å². The number of hydrogen-bond acceptors (Lipinski definition) is 5. The number of ether oxygens (including phenoxy) is 2. The summed E-state index contributed by atoms with van der Waals surface area (Å²) in [6, 6.07) is 0. The maximum Gasteiger partial charge on any atom is 0.333 e. The maximum absolute atomic E-state index is 12.9. The minimum atomic E-state index is -1.26. The molecule has 3 aliphatic rings. The van der Waals surface area contributed by atoms with Crippen LogP contribution in [0.2, 0.25) is 0 Å². The number of fused-ring (bicyclic) bond motifs is 2. The minimum absolute atomic E-state index is 0.0916. The number of aliphatic hydroxyl groups is 1. The second-order valence-electron chi connectivity index (χ2n) is 10.6. The van der Waals surface area contributed by atoms with Crippen LogP contribution in [0.25, 0.3) is 0 Å². The van der Waals surface area contributed by atoms with Crippen LogP contribution >= 0.6 is 0 Å². The summed E-state index contributed by atoms with van der Waals surface area (Å²) in [6.07, 6.45) is 6.72. The third-order valence-corrected chi connectivity index (χ3v) is 8.29. The molecule has 3 rings (SSSR count). The number of unbranched alkanes of at least 4 members (excludes halogenated alkanes) is 1. The van der Waals surface area contributed by atoms with Crippen molar-refractivity contribution in [2.24, 2.45) is 35.0 Å². The summed E-state index contributed by atoms with van der Waals surface area (Å²) in [7, 11) is 0. The lowest BCUT2D eigenvalue weighted by atomic mass is 9.50. The fraction of sp³-hybridized carbons (Fsp3) is 0.840. The topological polar surface area (TPSA) is 93.1 Å². The second kappa shape index (κ2) is 9.22. The molecular weight excluding hydrogens is 396 g/mol. The number of carboxylic acids is 1. The Kier molecular flexibility index (Phi) is 7.21. The molecule has 6 nitrogen and oxygen atoms in total. The molecule has 1 aliphatic heterocycles. The van der Waals surface area contributed by atoms with Gasteiger partial charge in [-0.2, -0.15) is 0 Å². The quantitative estimate of drug-likeness (QED) is 0.449. The normalized spacial score (nSPS) is 41.2. The molecule has 2 saturated carbocycles. The van der Waals surface area contributed by atoms with E-state index in [4.69, 9.17) is 9.47 Å². The standard InChI is InChI=1S/C25H40O6/c1-6-7-8-15(2)11-16(3)23(28)31-21-10-9-18(22(26)27)24(5)12-19-17(4)14-30-25(19,29)13-20(21)24/h11,15,17-21,29H,6-10,12-14H2,1-5H3,(H,26,27)/b16-11+/t15?,17-,18-,19+,20-,21-,24-,25-/m1/s1. The van der Waals surface area contributed by atoms with E-state index in [1.54, 1.807) is 6.92 Å². The van der Waals surface area contributed by atoms with Crippen LogP contribution < -0.4 is 0 Å². The van der Waals surface area contributed by atoms with Crippen molar-refractivity contribution in [2.75, 3.05) is 6.61 Å². The molecule has 3 fully saturated rings. The summed E-state index contributed by atoms with van der Waals surface area (Å²) in [5, 5.41) is 21.1. The monoisotopic (exact) mass is 436 g/mol. The van der Waals surface area contributed by atoms with E-state index in [1.165, 1.54) is 0 Å². The van der Waals surface area contributed by atoms with Gasteiger partial charge in [-0.3, -0.25) is 4.79 Å². The first-order chi connectivity index (χ1) is 14.5. The first-order valence-electron chi connectivity index (χ1n) is 12.0. The van der Waals surface area contributed by atoms with E-state index >= 15 is 0 Å². The zero-order valence-electron chi connectivity index (χ0n) is 19.7. The molecule has 0 spiro atoms. The van der Waals surface area contributed by atoms with Crippen LogP contribution in [0.4, 0.5) is 0 Å². The van der Waals surface area contributed by atoms with Gasteiger partial charge in [0, 0.05) is 23.8 Å². The molecule has 1 heterocycles. The number of aliphatic carboxylic acids is 1. The Balaban J connectivity index is 1.80. The highest BCUT2D eigenvalue weighted by atomic mass is 16.6. The van der Waals surface area contributed by atoms with Crippen LogP contribution in [-0.2, 0) is 19.1 Å². The van der Waals surface area contributed by atoms with Crippen molar-refractivity contribution in [3.05, 3.63) is 11.6 Å². The Bertz CT molecular complexity index is 717. The molecule has 8 atom stereocenters. The number of rotatable bonds is 7. The number of esters is 1. The summed E-state index contributed by atoms with van der Waals surface area (Å²) in [4.78, 5) is 25.0. The van der Waals surface area contributed by atoms with Gasteiger partial charge in [-0.25, -0.2) is 4.79 Å². The first-order valence-corrected chi connectivity index (χ1v) is 12.0. The molecule has 2 N–H and O–H groups in total. The Hall–Kier alpha value is -1.40. The summed E-state index contributed by atoms with van der Waals surface area (Å²) < 4.78 is 11.8. The second-order valence-corrected chi connectivity index (χ2v) is 10.6. The lowest BCUT2D eigenvalue weighted by Crippen LogP contribution is -2.59. The van der Waals surface area contributed by atoms with Crippen LogP contribution in [0, 0.1) is 35.0 Å². The molecule has 176 valence electrons. The molecule has 0 aromatic rings. The molecular formula is C25H40O6. The lowest BCUT2D eigenvalue weighted by Gasteiger charge is -2.56. The highest BCUT2D eigenvalue weighted by Crippen LogP contribution is 2.61. The van der Waals surface area contributed by atoms with Gasteiger partial charge < -0.3 is 19.7 Å². The molecule has 0 bridgehead atoms. The first kappa shape index (κ1) is 24.2.